The standard InChI is InChI=1S/C14H20N2/c1-12-11-13-7-3-4-8-14(13)16(12)10-6-5-9-15-2/h3-4,7-8,11,15H,5-6,9-10H2,1-2H3. The molecule has 0 saturated carbocycles. The Morgan fingerprint density at radius 1 is 1.19 bits per heavy atom. The molecule has 0 saturated heterocycles. The highest BCUT2D eigenvalue weighted by Crippen LogP contribution is 2.19. The molecule has 1 aromatic carbocycles. The van der Waals surface area contributed by atoms with Crippen molar-refractivity contribution in [3.8, 4) is 0 Å². The topological polar surface area (TPSA) is 17.0 Å². The van der Waals surface area contributed by atoms with Gasteiger partial charge in [0.15, 0.2) is 0 Å². The molecule has 2 heteroatoms. The predicted molar refractivity (Wildman–Crippen MR) is 69.8 cm³/mol. The second-order valence-electron chi connectivity index (χ2n) is 4.31. The van der Waals surface area contributed by atoms with Gasteiger partial charge in [-0.3, -0.25) is 0 Å². The highest BCUT2D eigenvalue weighted by Gasteiger charge is 2.03. The molecular weight excluding hydrogens is 196 g/mol. The molecule has 0 atom stereocenters. The lowest BCUT2D eigenvalue weighted by atomic mass is 10.2. The molecule has 0 spiro atoms. The van der Waals surface area contributed by atoms with E-state index in [1.807, 2.05) is 7.05 Å². The first-order valence-corrected chi connectivity index (χ1v) is 6.02. The Bertz CT molecular complexity index is 457. The van der Waals surface area contributed by atoms with Crippen molar-refractivity contribution in [3.05, 3.63) is 36.0 Å². The number of hydrogen-bond acceptors (Lipinski definition) is 1. The van der Waals surface area contributed by atoms with Crippen LogP contribution in [0.4, 0.5) is 0 Å². The maximum Gasteiger partial charge on any atom is 0.0482 e. The van der Waals surface area contributed by atoms with E-state index in [9.17, 15) is 0 Å². The number of nitrogens with one attached hydrogen (secondary N) is 1. The van der Waals surface area contributed by atoms with Gasteiger partial charge in [-0.15, -0.1) is 0 Å². The molecule has 2 nitrogen and oxygen atoms in total. The number of aromatic nitrogens is 1. The highest BCUT2D eigenvalue weighted by atomic mass is 15.0. The minimum absolute atomic E-state index is 1.11. The summed E-state index contributed by atoms with van der Waals surface area (Å²) in [6.07, 6.45) is 2.48. The molecule has 0 aliphatic rings. The highest BCUT2D eigenvalue weighted by molar-refractivity contribution is 5.81. The fourth-order valence-electron chi connectivity index (χ4n) is 2.22. The van der Waals surface area contributed by atoms with Gasteiger partial charge in [0.25, 0.3) is 0 Å². The summed E-state index contributed by atoms with van der Waals surface area (Å²) in [5.74, 6) is 0. The van der Waals surface area contributed by atoms with Crippen molar-refractivity contribution in [2.75, 3.05) is 13.6 Å². The Balaban J connectivity index is 2.13. The van der Waals surface area contributed by atoms with Gasteiger partial charge in [-0.05, 0) is 50.9 Å². The van der Waals surface area contributed by atoms with Crippen LogP contribution in [0.1, 0.15) is 18.5 Å². The van der Waals surface area contributed by atoms with Crippen molar-refractivity contribution >= 4 is 10.9 Å². The zero-order valence-corrected chi connectivity index (χ0v) is 10.2. The van der Waals surface area contributed by atoms with Gasteiger partial charge in [0, 0.05) is 17.8 Å². The lowest BCUT2D eigenvalue weighted by Gasteiger charge is -2.07. The molecule has 0 amide bonds. The maximum atomic E-state index is 3.19. The lowest BCUT2D eigenvalue weighted by molar-refractivity contribution is 0.595. The van der Waals surface area contributed by atoms with Crippen LogP contribution in [0.3, 0.4) is 0 Å². The Hall–Kier alpha value is -1.28. The molecule has 0 fully saturated rings. The average molecular weight is 216 g/mol. The van der Waals surface area contributed by atoms with E-state index in [2.05, 4.69) is 47.1 Å². The van der Waals surface area contributed by atoms with Gasteiger partial charge < -0.3 is 9.88 Å². The second kappa shape index (κ2) is 5.17. The van der Waals surface area contributed by atoms with E-state index in [0.29, 0.717) is 0 Å². The number of rotatable bonds is 5. The third-order valence-electron chi connectivity index (χ3n) is 3.08. The van der Waals surface area contributed by atoms with Gasteiger partial charge >= 0.3 is 0 Å². The molecule has 0 aliphatic carbocycles. The van der Waals surface area contributed by atoms with Crippen molar-refractivity contribution < 1.29 is 0 Å². The Labute approximate surface area is 97.3 Å². The van der Waals surface area contributed by atoms with Crippen LogP contribution in [0.25, 0.3) is 10.9 Å². The van der Waals surface area contributed by atoms with Crippen molar-refractivity contribution in [3.63, 3.8) is 0 Å². The maximum absolute atomic E-state index is 3.19. The molecule has 16 heavy (non-hydrogen) atoms. The molecule has 2 aromatic rings. The number of unbranched alkanes of at least 4 members (excludes halogenated alkanes) is 1. The van der Waals surface area contributed by atoms with Crippen LogP contribution in [0.15, 0.2) is 30.3 Å². The predicted octanol–water partition coefficient (Wildman–Crippen LogP) is 2.95. The fraction of sp³-hybridized carbons (Fsp3) is 0.429. The monoisotopic (exact) mass is 216 g/mol. The number of fused-ring (bicyclic) bond motifs is 1. The fourth-order valence-corrected chi connectivity index (χ4v) is 2.22. The van der Waals surface area contributed by atoms with Crippen molar-refractivity contribution in [1.29, 1.82) is 0 Å². The minimum atomic E-state index is 1.11. The summed E-state index contributed by atoms with van der Waals surface area (Å²) in [6, 6.07) is 10.9. The summed E-state index contributed by atoms with van der Waals surface area (Å²) in [5, 5.41) is 4.55. The van der Waals surface area contributed by atoms with Crippen LogP contribution < -0.4 is 5.32 Å². The number of nitrogens with zero attached hydrogens (tertiary/aromatic N) is 1. The molecule has 0 unspecified atom stereocenters. The SMILES string of the molecule is CNCCCCn1c(C)cc2ccccc21. The Kier molecular flexibility index (Phi) is 3.62. The van der Waals surface area contributed by atoms with Gasteiger partial charge in [0.1, 0.15) is 0 Å². The van der Waals surface area contributed by atoms with E-state index in [4.69, 9.17) is 0 Å². The van der Waals surface area contributed by atoms with Gasteiger partial charge in [0.05, 0.1) is 0 Å². The summed E-state index contributed by atoms with van der Waals surface area (Å²) in [6.45, 7) is 4.43. The van der Waals surface area contributed by atoms with Gasteiger partial charge in [-0.2, -0.15) is 0 Å². The smallest absolute Gasteiger partial charge is 0.0482 e. The molecule has 0 bridgehead atoms. The normalized spacial score (nSPS) is 11.1. The second-order valence-corrected chi connectivity index (χ2v) is 4.31. The van der Waals surface area contributed by atoms with E-state index in [1.165, 1.54) is 29.4 Å². The van der Waals surface area contributed by atoms with E-state index in [0.717, 1.165) is 13.1 Å². The van der Waals surface area contributed by atoms with Crippen LogP contribution in [0.5, 0.6) is 0 Å². The zero-order valence-electron chi connectivity index (χ0n) is 10.2. The molecule has 1 N–H and O–H groups in total. The van der Waals surface area contributed by atoms with Gasteiger partial charge in [-0.25, -0.2) is 0 Å². The minimum Gasteiger partial charge on any atom is -0.345 e. The first kappa shape index (κ1) is 11.2. The number of hydrogen-bond donors (Lipinski definition) is 1. The number of aryl methyl sites for hydroxylation is 2. The summed E-state index contributed by atoms with van der Waals surface area (Å²) in [4.78, 5) is 0. The summed E-state index contributed by atoms with van der Waals surface area (Å²) in [5.41, 5.74) is 2.73. The first-order valence-electron chi connectivity index (χ1n) is 6.02. The average Bonchev–Trinajstić information content (AvgIpc) is 2.61. The molecule has 86 valence electrons. The summed E-state index contributed by atoms with van der Waals surface area (Å²) >= 11 is 0. The molecule has 0 aliphatic heterocycles. The van der Waals surface area contributed by atoms with Crippen LogP contribution >= 0.6 is 0 Å². The van der Waals surface area contributed by atoms with E-state index in [1.54, 1.807) is 0 Å². The van der Waals surface area contributed by atoms with Gasteiger partial charge in [-0.1, -0.05) is 18.2 Å². The van der Waals surface area contributed by atoms with Crippen LogP contribution in [-0.4, -0.2) is 18.2 Å². The number of para-hydroxylation sites is 1. The summed E-state index contributed by atoms with van der Waals surface area (Å²) < 4.78 is 2.42. The molecule has 2 rings (SSSR count). The molecule has 1 heterocycles. The van der Waals surface area contributed by atoms with Crippen LogP contribution in [0.2, 0.25) is 0 Å². The van der Waals surface area contributed by atoms with E-state index < -0.39 is 0 Å². The molecule has 0 radical (unpaired) electrons. The molecule has 1 aromatic heterocycles. The Morgan fingerprint density at radius 2 is 2.00 bits per heavy atom. The van der Waals surface area contributed by atoms with E-state index in [-0.39, 0.29) is 0 Å². The molecular formula is C14H20N2. The van der Waals surface area contributed by atoms with Crippen molar-refractivity contribution in [2.45, 2.75) is 26.3 Å². The van der Waals surface area contributed by atoms with Gasteiger partial charge in [0.2, 0.25) is 0 Å². The Morgan fingerprint density at radius 3 is 2.81 bits per heavy atom. The lowest BCUT2D eigenvalue weighted by Crippen LogP contribution is -2.09. The quantitative estimate of drug-likeness (QED) is 0.760. The first-order chi connectivity index (χ1) is 7.83. The van der Waals surface area contributed by atoms with Crippen LogP contribution in [0, 0.1) is 6.92 Å². The van der Waals surface area contributed by atoms with Crippen LogP contribution in [-0.2, 0) is 6.54 Å². The largest absolute Gasteiger partial charge is 0.345 e. The zero-order chi connectivity index (χ0) is 11.4. The van der Waals surface area contributed by atoms with E-state index >= 15 is 0 Å². The van der Waals surface area contributed by atoms with Crippen molar-refractivity contribution in [1.82, 2.24) is 9.88 Å². The third-order valence-corrected chi connectivity index (χ3v) is 3.08. The summed E-state index contributed by atoms with van der Waals surface area (Å²) in [7, 11) is 2.01. The number of benzene rings is 1. The third kappa shape index (κ3) is 2.27. The van der Waals surface area contributed by atoms with Crippen molar-refractivity contribution in [2.24, 2.45) is 0 Å².